The van der Waals surface area contributed by atoms with E-state index in [4.69, 9.17) is 10.5 Å². The van der Waals surface area contributed by atoms with Crippen molar-refractivity contribution in [3.05, 3.63) is 0 Å². The van der Waals surface area contributed by atoms with Gasteiger partial charge >= 0.3 is 6.09 Å². The van der Waals surface area contributed by atoms with Crippen LogP contribution in [0.3, 0.4) is 0 Å². The first-order chi connectivity index (χ1) is 8.37. The molecule has 0 unspecified atom stereocenters. The minimum Gasteiger partial charge on any atom is -0.444 e. The van der Waals surface area contributed by atoms with Crippen LogP contribution in [0.5, 0.6) is 0 Å². The predicted octanol–water partition coefficient (Wildman–Crippen LogP) is 3.15. The summed E-state index contributed by atoms with van der Waals surface area (Å²) in [6.45, 7) is 7.22. The standard InChI is InChI=1S/C14H30N2O2/c1-14(2,3)18-13(17)16(4)12-10-8-6-5-7-9-11-15/h5-12,15H2,1-4H3. The Morgan fingerprint density at radius 2 is 1.56 bits per heavy atom. The van der Waals surface area contributed by atoms with Crippen molar-refractivity contribution in [1.82, 2.24) is 4.90 Å². The number of carbonyl (C=O) groups excluding carboxylic acids is 1. The van der Waals surface area contributed by atoms with Crippen molar-refractivity contribution in [3.8, 4) is 0 Å². The SMILES string of the molecule is CN(CCCCCCCCN)C(=O)OC(C)(C)C. The van der Waals surface area contributed by atoms with Crippen molar-refractivity contribution in [2.24, 2.45) is 5.73 Å². The lowest BCUT2D eigenvalue weighted by atomic mass is 10.1. The highest BCUT2D eigenvalue weighted by molar-refractivity contribution is 5.67. The van der Waals surface area contributed by atoms with E-state index in [1.165, 1.54) is 19.3 Å². The van der Waals surface area contributed by atoms with Crippen LogP contribution >= 0.6 is 0 Å². The van der Waals surface area contributed by atoms with E-state index >= 15 is 0 Å². The minimum absolute atomic E-state index is 0.231. The molecule has 0 heterocycles. The van der Waals surface area contributed by atoms with Crippen LogP contribution in [0.4, 0.5) is 4.79 Å². The largest absolute Gasteiger partial charge is 0.444 e. The van der Waals surface area contributed by atoms with Crippen molar-refractivity contribution < 1.29 is 9.53 Å². The molecular weight excluding hydrogens is 228 g/mol. The van der Waals surface area contributed by atoms with Gasteiger partial charge in [0, 0.05) is 13.6 Å². The number of nitrogens with zero attached hydrogens (tertiary/aromatic N) is 1. The third-order valence-corrected chi connectivity index (χ3v) is 2.65. The molecule has 0 aliphatic rings. The van der Waals surface area contributed by atoms with Crippen molar-refractivity contribution in [3.63, 3.8) is 0 Å². The van der Waals surface area contributed by atoms with E-state index in [2.05, 4.69) is 0 Å². The number of hydrogen-bond acceptors (Lipinski definition) is 3. The molecule has 4 nitrogen and oxygen atoms in total. The Balaban J connectivity index is 3.52. The number of nitrogens with two attached hydrogens (primary N) is 1. The van der Waals surface area contributed by atoms with Crippen LogP contribution in [0.1, 0.15) is 59.3 Å². The van der Waals surface area contributed by atoms with E-state index in [-0.39, 0.29) is 6.09 Å². The van der Waals surface area contributed by atoms with Gasteiger partial charge in [-0.3, -0.25) is 0 Å². The summed E-state index contributed by atoms with van der Waals surface area (Å²) in [7, 11) is 1.79. The fraction of sp³-hybridized carbons (Fsp3) is 0.929. The molecule has 0 aromatic heterocycles. The lowest BCUT2D eigenvalue weighted by Crippen LogP contribution is -2.34. The highest BCUT2D eigenvalue weighted by atomic mass is 16.6. The van der Waals surface area contributed by atoms with Crippen molar-refractivity contribution >= 4 is 6.09 Å². The molecule has 4 heteroatoms. The first-order valence-electron chi connectivity index (χ1n) is 7.01. The number of hydrogen-bond donors (Lipinski definition) is 1. The molecule has 0 bridgehead atoms. The Morgan fingerprint density at radius 1 is 1.06 bits per heavy atom. The number of ether oxygens (including phenoxy) is 1. The van der Waals surface area contributed by atoms with Gasteiger partial charge in [-0.2, -0.15) is 0 Å². The van der Waals surface area contributed by atoms with Gasteiger partial charge < -0.3 is 15.4 Å². The summed E-state index contributed by atoms with van der Waals surface area (Å²) in [6, 6.07) is 0. The normalized spacial score (nSPS) is 11.4. The number of unbranched alkanes of at least 4 members (excludes halogenated alkanes) is 5. The highest BCUT2D eigenvalue weighted by Crippen LogP contribution is 2.10. The number of amides is 1. The minimum atomic E-state index is -0.409. The molecule has 18 heavy (non-hydrogen) atoms. The highest BCUT2D eigenvalue weighted by Gasteiger charge is 2.18. The average molecular weight is 258 g/mol. The molecule has 108 valence electrons. The summed E-state index contributed by atoms with van der Waals surface area (Å²) in [5.74, 6) is 0. The first kappa shape index (κ1) is 17.2. The molecule has 0 aliphatic carbocycles. The van der Waals surface area contributed by atoms with Crippen LogP contribution in [0.2, 0.25) is 0 Å². The van der Waals surface area contributed by atoms with Crippen LogP contribution in [0, 0.1) is 0 Å². The molecule has 0 aromatic carbocycles. The smallest absolute Gasteiger partial charge is 0.410 e. The van der Waals surface area contributed by atoms with Crippen molar-refractivity contribution in [1.29, 1.82) is 0 Å². The second-order valence-electron chi connectivity index (χ2n) is 5.81. The van der Waals surface area contributed by atoms with Gasteiger partial charge in [0.1, 0.15) is 5.60 Å². The maximum Gasteiger partial charge on any atom is 0.410 e. The van der Waals surface area contributed by atoms with E-state index in [0.29, 0.717) is 0 Å². The Bertz CT molecular complexity index is 224. The van der Waals surface area contributed by atoms with E-state index in [1.807, 2.05) is 20.8 Å². The zero-order valence-electron chi connectivity index (χ0n) is 12.5. The average Bonchev–Trinajstić information content (AvgIpc) is 2.25. The van der Waals surface area contributed by atoms with Crippen LogP contribution in [-0.4, -0.2) is 36.7 Å². The molecule has 0 saturated carbocycles. The summed E-state index contributed by atoms with van der Waals surface area (Å²) in [6.07, 6.45) is 6.78. The van der Waals surface area contributed by atoms with Gasteiger partial charge in [0.15, 0.2) is 0 Å². The molecule has 2 N–H and O–H groups in total. The molecule has 0 aliphatic heterocycles. The molecule has 0 rings (SSSR count). The summed E-state index contributed by atoms with van der Waals surface area (Å²) in [5.41, 5.74) is 5.03. The molecule has 0 fully saturated rings. The van der Waals surface area contributed by atoms with Gasteiger partial charge in [-0.25, -0.2) is 4.79 Å². The van der Waals surface area contributed by atoms with Crippen molar-refractivity contribution in [2.45, 2.75) is 64.9 Å². The Kier molecular flexibility index (Phi) is 8.81. The van der Waals surface area contributed by atoms with Crippen LogP contribution in [-0.2, 0) is 4.74 Å². The van der Waals surface area contributed by atoms with Gasteiger partial charge in [-0.15, -0.1) is 0 Å². The second kappa shape index (κ2) is 9.20. The first-order valence-corrected chi connectivity index (χ1v) is 7.01. The zero-order valence-corrected chi connectivity index (χ0v) is 12.5. The Morgan fingerprint density at radius 3 is 2.06 bits per heavy atom. The number of carbonyl (C=O) groups is 1. The summed E-state index contributed by atoms with van der Waals surface area (Å²) in [4.78, 5) is 13.3. The molecule has 0 saturated heterocycles. The monoisotopic (exact) mass is 258 g/mol. The van der Waals surface area contributed by atoms with Crippen LogP contribution in [0.25, 0.3) is 0 Å². The molecule has 0 spiro atoms. The Labute approximate surface area is 112 Å². The molecule has 0 atom stereocenters. The summed E-state index contributed by atoms with van der Waals surface area (Å²) in [5, 5.41) is 0. The molecular formula is C14H30N2O2. The van der Waals surface area contributed by atoms with E-state index in [0.717, 1.165) is 32.4 Å². The third kappa shape index (κ3) is 10.4. The van der Waals surface area contributed by atoms with E-state index < -0.39 is 5.60 Å². The maximum absolute atomic E-state index is 11.7. The fourth-order valence-electron chi connectivity index (χ4n) is 1.63. The van der Waals surface area contributed by atoms with Gasteiger partial charge in [0.05, 0.1) is 0 Å². The van der Waals surface area contributed by atoms with E-state index in [1.54, 1.807) is 11.9 Å². The van der Waals surface area contributed by atoms with Crippen molar-refractivity contribution in [2.75, 3.05) is 20.1 Å². The lowest BCUT2D eigenvalue weighted by molar-refractivity contribution is 0.0296. The van der Waals surface area contributed by atoms with Gasteiger partial charge in [-0.05, 0) is 40.2 Å². The zero-order chi connectivity index (χ0) is 14.0. The quantitative estimate of drug-likeness (QED) is 0.680. The third-order valence-electron chi connectivity index (χ3n) is 2.65. The number of rotatable bonds is 8. The van der Waals surface area contributed by atoms with Gasteiger partial charge in [0.25, 0.3) is 0 Å². The molecule has 1 amide bonds. The summed E-state index contributed by atoms with van der Waals surface area (Å²) < 4.78 is 5.28. The predicted molar refractivity (Wildman–Crippen MR) is 75.6 cm³/mol. The molecule has 0 aromatic rings. The Hall–Kier alpha value is -0.770. The van der Waals surface area contributed by atoms with E-state index in [9.17, 15) is 4.79 Å². The molecule has 0 radical (unpaired) electrons. The lowest BCUT2D eigenvalue weighted by Gasteiger charge is -2.24. The van der Waals surface area contributed by atoms with Crippen LogP contribution < -0.4 is 5.73 Å². The summed E-state index contributed by atoms with van der Waals surface area (Å²) >= 11 is 0. The second-order valence-corrected chi connectivity index (χ2v) is 5.81. The van der Waals surface area contributed by atoms with Gasteiger partial charge in [0.2, 0.25) is 0 Å². The topological polar surface area (TPSA) is 55.6 Å². The fourth-order valence-corrected chi connectivity index (χ4v) is 1.63. The van der Waals surface area contributed by atoms with Crippen LogP contribution in [0.15, 0.2) is 0 Å². The maximum atomic E-state index is 11.7. The van der Waals surface area contributed by atoms with Gasteiger partial charge in [-0.1, -0.05) is 25.7 Å².